The van der Waals surface area contributed by atoms with E-state index >= 15 is 0 Å². The van der Waals surface area contributed by atoms with Gasteiger partial charge >= 0.3 is 0 Å². The number of benzene rings is 2. The van der Waals surface area contributed by atoms with Gasteiger partial charge in [0.15, 0.2) is 0 Å². The van der Waals surface area contributed by atoms with Gasteiger partial charge in [-0.25, -0.2) is 0 Å². The van der Waals surface area contributed by atoms with Crippen LogP contribution in [0.15, 0.2) is 24.3 Å². The highest BCUT2D eigenvalue weighted by Crippen LogP contribution is 2.36. The standard InChI is InChI=1S/C13H8I4O2/c1-6-2-7(14)3-11(17)13(6)19-8-4-9(15)12(18)10(16)5-8/h2-5,18H,1H3. The molecule has 0 saturated heterocycles. The first-order valence-corrected chi connectivity index (χ1v) is 9.51. The van der Waals surface area contributed by atoms with E-state index in [1.54, 1.807) is 0 Å². The summed E-state index contributed by atoms with van der Waals surface area (Å²) >= 11 is 8.78. The van der Waals surface area contributed by atoms with Gasteiger partial charge in [0, 0.05) is 3.57 Å². The first-order chi connectivity index (χ1) is 8.88. The molecule has 0 aliphatic carbocycles. The fourth-order valence-corrected chi connectivity index (χ4v) is 5.49. The van der Waals surface area contributed by atoms with Crippen molar-refractivity contribution in [3.05, 3.63) is 44.1 Å². The Hall–Kier alpha value is 0.960. The van der Waals surface area contributed by atoms with Crippen LogP contribution < -0.4 is 4.74 Å². The third kappa shape index (κ3) is 3.99. The molecular weight excluding hydrogens is 696 g/mol. The van der Waals surface area contributed by atoms with Crippen molar-refractivity contribution in [2.75, 3.05) is 0 Å². The summed E-state index contributed by atoms with van der Waals surface area (Å²) < 4.78 is 9.84. The van der Waals surface area contributed by atoms with Crippen LogP contribution >= 0.6 is 90.4 Å². The van der Waals surface area contributed by atoms with Crippen molar-refractivity contribution in [1.29, 1.82) is 0 Å². The SMILES string of the molecule is Cc1cc(I)cc(I)c1Oc1cc(I)c(O)c(I)c1. The van der Waals surface area contributed by atoms with E-state index in [1.807, 2.05) is 19.1 Å². The molecule has 0 atom stereocenters. The molecule has 0 heterocycles. The van der Waals surface area contributed by atoms with E-state index in [9.17, 15) is 5.11 Å². The van der Waals surface area contributed by atoms with Crippen LogP contribution in [-0.2, 0) is 0 Å². The molecule has 0 unspecified atom stereocenters. The summed E-state index contributed by atoms with van der Waals surface area (Å²) in [5.41, 5.74) is 1.11. The molecule has 0 aliphatic rings. The smallest absolute Gasteiger partial charge is 0.143 e. The van der Waals surface area contributed by atoms with Gasteiger partial charge in [0.1, 0.15) is 17.2 Å². The molecule has 2 aromatic carbocycles. The number of aryl methyl sites for hydroxylation is 1. The minimum Gasteiger partial charge on any atom is -0.506 e. The maximum atomic E-state index is 9.77. The number of ether oxygens (including phenoxy) is 1. The average Bonchev–Trinajstić information content (AvgIpc) is 2.30. The van der Waals surface area contributed by atoms with Crippen LogP contribution in [-0.4, -0.2) is 5.11 Å². The van der Waals surface area contributed by atoms with Crippen LogP contribution in [0.4, 0.5) is 0 Å². The molecule has 6 heteroatoms. The van der Waals surface area contributed by atoms with Crippen LogP contribution in [0.25, 0.3) is 0 Å². The maximum Gasteiger partial charge on any atom is 0.143 e. The van der Waals surface area contributed by atoms with Gasteiger partial charge in [0.05, 0.1) is 10.7 Å². The molecule has 0 aromatic heterocycles. The monoisotopic (exact) mass is 704 g/mol. The molecule has 0 bridgehead atoms. The van der Waals surface area contributed by atoms with Gasteiger partial charge < -0.3 is 9.84 Å². The van der Waals surface area contributed by atoms with Gasteiger partial charge in [-0.2, -0.15) is 0 Å². The number of phenols is 1. The van der Waals surface area contributed by atoms with Gasteiger partial charge in [-0.15, -0.1) is 0 Å². The first kappa shape index (κ1) is 16.3. The van der Waals surface area contributed by atoms with Crippen molar-refractivity contribution in [1.82, 2.24) is 0 Å². The fraction of sp³-hybridized carbons (Fsp3) is 0.0769. The Morgan fingerprint density at radius 3 is 2.00 bits per heavy atom. The van der Waals surface area contributed by atoms with Crippen molar-refractivity contribution in [3.63, 3.8) is 0 Å². The largest absolute Gasteiger partial charge is 0.506 e. The van der Waals surface area contributed by atoms with Gasteiger partial charge in [-0.1, -0.05) is 0 Å². The lowest BCUT2D eigenvalue weighted by molar-refractivity contribution is 0.455. The van der Waals surface area contributed by atoms with E-state index in [1.165, 1.54) is 3.57 Å². The van der Waals surface area contributed by atoms with Gasteiger partial charge in [-0.05, 0) is 127 Å². The lowest BCUT2D eigenvalue weighted by Gasteiger charge is -2.13. The van der Waals surface area contributed by atoms with E-state index in [0.29, 0.717) is 5.75 Å². The van der Waals surface area contributed by atoms with E-state index < -0.39 is 0 Å². The molecule has 19 heavy (non-hydrogen) atoms. The maximum absolute atomic E-state index is 9.77. The summed E-state index contributed by atoms with van der Waals surface area (Å²) in [6, 6.07) is 7.85. The summed E-state index contributed by atoms with van der Waals surface area (Å²) in [5, 5.41) is 9.77. The molecule has 0 radical (unpaired) electrons. The summed E-state index contributed by atoms with van der Waals surface area (Å²) in [6.07, 6.45) is 0. The van der Waals surface area contributed by atoms with Crippen molar-refractivity contribution < 1.29 is 9.84 Å². The third-order valence-corrected chi connectivity index (χ3v) is 5.47. The Kier molecular flexibility index (Phi) is 5.86. The van der Waals surface area contributed by atoms with Gasteiger partial charge in [-0.3, -0.25) is 0 Å². The number of hydrogen-bond donors (Lipinski definition) is 1. The summed E-state index contributed by atoms with van der Waals surface area (Å²) in [5.74, 6) is 1.93. The summed E-state index contributed by atoms with van der Waals surface area (Å²) in [4.78, 5) is 0. The number of aromatic hydroxyl groups is 1. The molecule has 1 N–H and O–H groups in total. The topological polar surface area (TPSA) is 29.5 Å². The first-order valence-electron chi connectivity index (χ1n) is 5.20. The molecule has 0 saturated carbocycles. The van der Waals surface area contributed by atoms with Gasteiger partial charge in [0.2, 0.25) is 0 Å². The zero-order chi connectivity index (χ0) is 14.2. The Labute approximate surface area is 166 Å². The predicted octanol–water partition coefficient (Wildman–Crippen LogP) is 5.91. The Bertz CT molecular complexity index is 595. The highest BCUT2D eigenvalue weighted by Gasteiger charge is 2.11. The molecular formula is C13H8I4O2. The lowest BCUT2D eigenvalue weighted by atomic mass is 10.2. The van der Waals surface area contributed by atoms with Crippen LogP contribution in [0, 0.1) is 21.2 Å². The molecule has 0 amide bonds. The number of hydrogen-bond acceptors (Lipinski definition) is 2. The molecule has 100 valence electrons. The highest BCUT2D eigenvalue weighted by atomic mass is 127. The normalized spacial score (nSPS) is 10.6. The molecule has 0 aliphatic heterocycles. The third-order valence-electron chi connectivity index (χ3n) is 2.40. The number of halogens is 4. The van der Waals surface area contributed by atoms with E-state index in [0.717, 1.165) is 27.8 Å². The summed E-state index contributed by atoms with van der Waals surface area (Å²) in [6.45, 7) is 2.04. The molecule has 0 fully saturated rings. The average molecular weight is 704 g/mol. The van der Waals surface area contributed by atoms with E-state index in [-0.39, 0.29) is 0 Å². The fourth-order valence-electron chi connectivity index (χ4n) is 1.54. The number of rotatable bonds is 2. The van der Waals surface area contributed by atoms with E-state index in [2.05, 4.69) is 102 Å². The lowest BCUT2D eigenvalue weighted by Crippen LogP contribution is -1.93. The Balaban J connectivity index is 2.42. The minimum absolute atomic E-state index is 0.308. The highest BCUT2D eigenvalue weighted by molar-refractivity contribution is 14.1. The van der Waals surface area contributed by atoms with Crippen molar-refractivity contribution in [3.8, 4) is 17.2 Å². The summed E-state index contributed by atoms with van der Waals surface area (Å²) in [7, 11) is 0. The second kappa shape index (κ2) is 6.81. The van der Waals surface area contributed by atoms with Crippen LogP contribution in [0.5, 0.6) is 17.2 Å². The van der Waals surface area contributed by atoms with Crippen LogP contribution in [0.1, 0.15) is 5.56 Å². The molecule has 0 spiro atoms. The minimum atomic E-state index is 0.308. The Morgan fingerprint density at radius 1 is 0.895 bits per heavy atom. The van der Waals surface area contributed by atoms with Crippen molar-refractivity contribution >= 4 is 90.4 Å². The molecule has 2 aromatic rings. The van der Waals surface area contributed by atoms with Gasteiger partial charge in [0.25, 0.3) is 0 Å². The Morgan fingerprint density at radius 2 is 1.47 bits per heavy atom. The zero-order valence-corrected chi connectivity index (χ0v) is 18.3. The van der Waals surface area contributed by atoms with E-state index in [4.69, 9.17) is 4.74 Å². The number of phenolic OH excluding ortho intramolecular Hbond substituents is 1. The zero-order valence-electron chi connectivity index (χ0n) is 9.68. The predicted molar refractivity (Wildman–Crippen MR) is 110 cm³/mol. The second-order valence-electron chi connectivity index (χ2n) is 3.87. The van der Waals surface area contributed by atoms with Crippen molar-refractivity contribution in [2.24, 2.45) is 0 Å². The molecule has 2 nitrogen and oxygen atoms in total. The second-order valence-corrected chi connectivity index (χ2v) is 8.60. The van der Waals surface area contributed by atoms with Crippen LogP contribution in [0.3, 0.4) is 0 Å². The quantitative estimate of drug-likeness (QED) is 0.395. The van der Waals surface area contributed by atoms with Crippen molar-refractivity contribution in [2.45, 2.75) is 6.92 Å². The molecule has 2 rings (SSSR count). The van der Waals surface area contributed by atoms with Crippen LogP contribution in [0.2, 0.25) is 0 Å².